The van der Waals surface area contributed by atoms with E-state index < -0.39 is 0 Å². The lowest BCUT2D eigenvalue weighted by Crippen LogP contribution is -2.24. The van der Waals surface area contributed by atoms with Crippen LogP contribution < -0.4 is 5.56 Å². The number of likely N-dealkylation sites (N-methyl/N-ethyl adjacent to an activating group) is 1. The van der Waals surface area contributed by atoms with Gasteiger partial charge in [0.25, 0.3) is 5.56 Å². The fourth-order valence-corrected chi connectivity index (χ4v) is 1.31. The third-order valence-corrected chi connectivity index (χ3v) is 2.50. The zero-order chi connectivity index (χ0) is 10.6. The van der Waals surface area contributed by atoms with Crippen LogP contribution in [0.1, 0.15) is 6.92 Å². The molecule has 0 aliphatic carbocycles. The fraction of sp³-hybridized carbons (Fsp3) is 0.556. The van der Waals surface area contributed by atoms with E-state index in [-0.39, 0.29) is 5.56 Å². The first kappa shape index (κ1) is 11.1. The van der Waals surface area contributed by atoms with Crippen LogP contribution in [0.25, 0.3) is 0 Å². The number of rotatable bonds is 4. The highest BCUT2D eigenvalue weighted by molar-refractivity contribution is 7.71. The maximum atomic E-state index is 10.9. The van der Waals surface area contributed by atoms with E-state index in [2.05, 4.69) is 23.9 Å². The molecule has 1 N–H and O–H groups in total. The van der Waals surface area contributed by atoms with Gasteiger partial charge in [-0.3, -0.25) is 9.78 Å². The predicted molar refractivity (Wildman–Crippen MR) is 59.1 cm³/mol. The van der Waals surface area contributed by atoms with E-state index in [1.165, 1.54) is 6.07 Å². The van der Waals surface area contributed by atoms with Gasteiger partial charge in [0.05, 0.1) is 0 Å². The molecule has 0 aliphatic heterocycles. The second-order valence-corrected chi connectivity index (χ2v) is 3.59. The Labute approximate surface area is 88.2 Å². The van der Waals surface area contributed by atoms with Gasteiger partial charge >= 0.3 is 0 Å². The lowest BCUT2D eigenvalue weighted by molar-refractivity contribution is 0.333. The average Bonchev–Trinajstić information content (AvgIpc) is 2.16. The Morgan fingerprint density at radius 2 is 2.36 bits per heavy atom. The second kappa shape index (κ2) is 5.07. The molecule has 0 aromatic carbocycles. The Bertz CT molecular complexity index is 396. The molecule has 0 saturated carbocycles. The summed E-state index contributed by atoms with van der Waals surface area (Å²) in [5, 5.41) is 0. The van der Waals surface area contributed by atoms with Gasteiger partial charge in [-0.25, -0.2) is 0 Å². The molecule has 1 rings (SSSR count). The largest absolute Gasteiger partial charge is 0.324 e. The number of aromatic amines is 1. The van der Waals surface area contributed by atoms with Gasteiger partial charge in [-0.05, 0) is 25.8 Å². The van der Waals surface area contributed by atoms with Crippen LogP contribution in [0, 0.1) is 4.77 Å². The number of nitrogens with zero attached hydrogens (tertiary/aromatic N) is 2. The Balaban J connectivity index is 2.68. The first-order chi connectivity index (χ1) is 6.63. The molecule has 0 amide bonds. The smallest absolute Gasteiger partial charge is 0.251 e. The molecule has 0 atom stereocenters. The van der Waals surface area contributed by atoms with Crippen molar-refractivity contribution in [3.63, 3.8) is 0 Å². The van der Waals surface area contributed by atoms with Crippen LogP contribution in [0.4, 0.5) is 0 Å². The van der Waals surface area contributed by atoms with Crippen molar-refractivity contribution in [1.82, 2.24) is 14.5 Å². The number of H-pyrrole nitrogens is 1. The quantitative estimate of drug-likeness (QED) is 0.754. The summed E-state index contributed by atoms with van der Waals surface area (Å²) in [7, 11) is 2.05. The molecule has 1 aromatic rings. The first-order valence-corrected chi connectivity index (χ1v) is 5.02. The van der Waals surface area contributed by atoms with Crippen molar-refractivity contribution in [2.75, 3.05) is 20.1 Å². The summed E-state index contributed by atoms with van der Waals surface area (Å²) in [6.45, 7) is 4.85. The first-order valence-electron chi connectivity index (χ1n) is 4.62. The van der Waals surface area contributed by atoms with E-state index in [4.69, 9.17) is 12.2 Å². The van der Waals surface area contributed by atoms with Crippen molar-refractivity contribution >= 4 is 12.2 Å². The third-order valence-electron chi connectivity index (χ3n) is 2.16. The van der Waals surface area contributed by atoms with Gasteiger partial charge in [0.2, 0.25) is 0 Å². The summed E-state index contributed by atoms with van der Waals surface area (Å²) in [6.07, 6.45) is 1.73. The zero-order valence-electron chi connectivity index (χ0n) is 8.49. The van der Waals surface area contributed by atoms with Gasteiger partial charge in [0, 0.05) is 25.4 Å². The Kier molecular flexibility index (Phi) is 4.03. The number of nitrogens with one attached hydrogen (secondary N) is 1. The van der Waals surface area contributed by atoms with E-state index in [1.807, 2.05) is 4.57 Å². The molecule has 0 saturated heterocycles. The van der Waals surface area contributed by atoms with Crippen molar-refractivity contribution < 1.29 is 0 Å². The second-order valence-electron chi connectivity index (χ2n) is 3.20. The molecule has 0 radical (unpaired) electrons. The molecule has 0 fully saturated rings. The highest BCUT2D eigenvalue weighted by Gasteiger charge is 1.96. The highest BCUT2D eigenvalue weighted by Crippen LogP contribution is 1.89. The lowest BCUT2D eigenvalue weighted by Gasteiger charge is -2.14. The van der Waals surface area contributed by atoms with Gasteiger partial charge in [0.15, 0.2) is 4.77 Å². The summed E-state index contributed by atoms with van der Waals surface area (Å²) >= 11 is 5.02. The van der Waals surface area contributed by atoms with Crippen molar-refractivity contribution in [3.8, 4) is 0 Å². The van der Waals surface area contributed by atoms with Crippen LogP contribution in [0.3, 0.4) is 0 Å². The van der Waals surface area contributed by atoms with Gasteiger partial charge in [-0.1, -0.05) is 6.92 Å². The molecule has 78 valence electrons. The Morgan fingerprint density at radius 1 is 1.64 bits per heavy atom. The minimum absolute atomic E-state index is 0.143. The molecule has 1 aromatic heterocycles. The van der Waals surface area contributed by atoms with Crippen LogP contribution in [-0.2, 0) is 6.54 Å². The van der Waals surface area contributed by atoms with E-state index in [0.29, 0.717) is 4.77 Å². The summed E-state index contributed by atoms with van der Waals surface area (Å²) in [5.74, 6) is 0. The Hall–Kier alpha value is -0.940. The summed E-state index contributed by atoms with van der Waals surface area (Å²) in [6, 6.07) is 1.49. The normalized spacial score (nSPS) is 10.8. The van der Waals surface area contributed by atoms with Crippen molar-refractivity contribution in [1.29, 1.82) is 0 Å². The number of hydrogen-bond acceptors (Lipinski definition) is 3. The van der Waals surface area contributed by atoms with Crippen LogP contribution in [-0.4, -0.2) is 34.6 Å². The zero-order valence-corrected chi connectivity index (χ0v) is 9.30. The van der Waals surface area contributed by atoms with Crippen molar-refractivity contribution in [2.24, 2.45) is 0 Å². The number of aromatic nitrogens is 2. The summed E-state index contributed by atoms with van der Waals surface area (Å²) in [4.78, 5) is 15.7. The molecule has 14 heavy (non-hydrogen) atoms. The molecule has 0 unspecified atom stereocenters. The SMILES string of the molecule is CCN(C)CCn1ccc(=O)[nH]c1=S. The maximum Gasteiger partial charge on any atom is 0.251 e. The molecule has 5 heteroatoms. The minimum Gasteiger partial charge on any atom is -0.324 e. The van der Waals surface area contributed by atoms with Gasteiger partial charge in [-0.2, -0.15) is 0 Å². The molecule has 0 spiro atoms. The molecule has 0 aliphatic rings. The van der Waals surface area contributed by atoms with E-state index in [1.54, 1.807) is 6.20 Å². The van der Waals surface area contributed by atoms with Crippen LogP contribution in [0.2, 0.25) is 0 Å². The fourth-order valence-electron chi connectivity index (χ4n) is 1.06. The van der Waals surface area contributed by atoms with Crippen LogP contribution in [0.15, 0.2) is 17.1 Å². The maximum absolute atomic E-state index is 10.9. The standard InChI is InChI=1S/C9H15N3OS/c1-3-11(2)6-7-12-5-4-8(13)10-9(12)14/h4-5H,3,6-7H2,1-2H3,(H,10,13,14). The van der Waals surface area contributed by atoms with Crippen molar-refractivity contribution in [3.05, 3.63) is 27.4 Å². The van der Waals surface area contributed by atoms with E-state index in [9.17, 15) is 4.79 Å². The lowest BCUT2D eigenvalue weighted by atomic mass is 10.5. The highest BCUT2D eigenvalue weighted by atomic mass is 32.1. The van der Waals surface area contributed by atoms with E-state index in [0.717, 1.165) is 19.6 Å². The minimum atomic E-state index is -0.143. The molecule has 0 bridgehead atoms. The summed E-state index contributed by atoms with van der Waals surface area (Å²) in [5.41, 5.74) is -0.143. The topological polar surface area (TPSA) is 41.0 Å². The molecule has 4 nitrogen and oxygen atoms in total. The molecule has 1 heterocycles. The van der Waals surface area contributed by atoms with Crippen LogP contribution in [0.5, 0.6) is 0 Å². The van der Waals surface area contributed by atoms with Gasteiger partial charge in [-0.15, -0.1) is 0 Å². The van der Waals surface area contributed by atoms with Gasteiger partial charge < -0.3 is 9.47 Å². The molecular weight excluding hydrogens is 198 g/mol. The van der Waals surface area contributed by atoms with Crippen LogP contribution >= 0.6 is 12.2 Å². The van der Waals surface area contributed by atoms with Gasteiger partial charge in [0.1, 0.15) is 0 Å². The van der Waals surface area contributed by atoms with E-state index >= 15 is 0 Å². The van der Waals surface area contributed by atoms with Crippen molar-refractivity contribution in [2.45, 2.75) is 13.5 Å². The third kappa shape index (κ3) is 3.08. The monoisotopic (exact) mass is 213 g/mol. The average molecular weight is 213 g/mol. The predicted octanol–water partition coefficient (Wildman–Crippen LogP) is 0.858. The Morgan fingerprint density at radius 3 is 2.93 bits per heavy atom. The molecular formula is C9H15N3OS. The number of hydrogen-bond donors (Lipinski definition) is 1. The summed E-state index contributed by atoms with van der Waals surface area (Å²) < 4.78 is 2.35.